The first-order valence-corrected chi connectivity index (χ1v) is 11.7. The summed E-state index contributed by atoms with van der Waals surface area (Å²) in [5.74, 6) is -0.928. The number of nitrogens with zero attached hydrogens (tertiary/aromatic N) is 1. The predicted molar refractivity (Wildman–Crippen MR) is 118 cm³/mol. The molecule has 0 bridgehead atoms. The predicted octanol–water partition coefficient (Wildman–Crippen LogP) is 2.73. The van der Waals surface area contributed by atoms with Gasteiger partial charge >= 0.3 is 0 Å². The monoisotopic (exact) mass is 433 g/mol. The maximum absolute atomic E-state index is 12.6. The van der Waals surface area contributed by atoms with Crippen LogP contribution in [0.5, 0.6) is 0 Å². The second kappa shape index (κ2) is 10.1. The molecule has 2 amide bonds. The molecule has 9 heteroatoms. The van der Waals surface area contributed by atoms with Crippen molar-refractivity contribution in [3.63, 3.8) is 0 Å². The molecule has 0 spiro atoms. The molecule has 0 atom stereocenters. The van der Waals surface area contributed by atoms with Crippen molar-refractivity contribution in [2.24, 2.45) is 0 Å². The number of nitrogens with one attached hydrogen (secondary N) is 2. The summed E-state index contributed by atoms with van der Waals surface area (Å²) in [7, 11) is -3.70. The molecule has 0 unspecified atom stereocenters. The summed E-state index contributed by atoms with van der Waals surface area (Å²) in [6.45, 7) is 3.41. The van der Waals surface area contributed by atoms with E-state index in [0.29, 0.717) is 11.4 Å². The molecule has 0 fully saturated rings. The van der Waals surface area contributed by atoms with Crippen molar-refractivity contribution in [1.82, 2.24) is 5.32 Å². The third-order valence-corrected chi connectivity index (χ3v) is 5.75. The van der Waals surface area contributed by atoms with Gasteiger partial charge in [-0.05, 0) is 36.6 Å². The molecule has 29 heavy (non-hydrogen) atoms. The van der Waals surface area contributed by atoms with Gasteiger partial charge in [0.1, 0.15) is 6.54 Å². The van der Waals surface area contributed by atoms with Crippen LogP contribution in [0.25, 0.3) is 0 Å². The Morgan fingerprint density at radius 1 is 1.17 bits per heavy atom. The second-order valence-corrected chi connectivity index (χ2v) is 8.85. The van der Waals surface area contributed by atoms with Gasteiger partial charge in [0, 0.05) is 11.4 Å². The fourth-order valence-corrected chi connectivity index (χ4v) is 3.84. The Balaban J connectivity index is 2.24. The van der Waals surface area contributed by atoms with Gasteiger partial charge in [-0.2, -0.15) is 0 Å². The zero-order valence-electron chi connectivity index (χ0n) is 16.2. The first-order chi connectivity index (χ1) is 13.8. The molecule has 154 valence electrons. The molecule has 0 aliphatic heterocycles. The summed E-state index contributed by atoms with van der Waals surface area (Å²) in [6.07, 6.45) is 4.47. The van der Waals surface area contributed by atoms with Crippen molar-refractivity contribution in [2.75, 3.05) is 35.2 Å². The lowest BCUT2D eigenvalue weighted by atomic mass is 10.1. The number of hydrogen-bond acceptors (Lipinski definition) is 5. The van der Waals surface area contributed by atoms with E-state index in [2.05, 4.69) is 17.2 Å². The normalized spacial score (nSPS) is 10.8. The van der Waals surface area contributed by atoms with E-state index in [4.69, 9.17) is 0 Å². The van der Waals surface area contributed by atoms with Crippen LogP contribution >= 0.6 is 11.8 Å². The van der Waals surface area contributed by atoms with Gasteiger partial charge in [0.05, 0.1) is 23.2 Å². The summed E-state index contributed by atoms with van der Waals surface area (Å²) in [5, 5.41) is 5.28. The standard InChI is InChI=1S/C20H23N3O4S2/c1-4-12-21-20(25)17-10-5-6-11-18(17)22-19(24)14-23(29(3,26)27)15-8-7-9-16(13-15)28-2/h4-11,13H,1,12,14H2,2-3H3,(H,21,25)(H,22,24). The SMILES string of the molecule is C=CCNC(=O)c1ccccc1NC(=O)CN(c1cccc(SC)c1)S(C)(=O)=O. The summed E-state index contributed by atoms with van der Waals surface area (Å²) >= 11 is 1.47. The van der Waals surface area contributed by atoms with Crippen LogP contribution in [-0.4, -0.2) is 45.8 Å². The minimum atomic E-state index is -3.70. The van der Waals surface area contributed by atoms with E-state index in [-0.39, 0.29) is 18.0 Å². The smallest absolute Gasteiger partial charge is 0.253 e. The third kappa shape index (κ3) is 6.37. The molecule has 0 aliphatic rings. The number of carbonyl (C=O) groups is 2. The second-order valence-electron chi connectivity index (χ2n) is 6.06. The third-order valence-electron chi connectivity index (χ3n) is 3.88. The van der Waals surface area contributed by atoms with Crippen molar-refractivity contribution in [2.45, 2.75) is 4.90 Å². The van der Waals surface area contributed by atoms with Gasteiger partial charge < -0.3 is 10.6 Å². The summed E-state index contributed by atoms with van der Waals surface area (Å²) in [4.78, 5) is 25.8. The average Bonchev–Trinajstić information content (AvgIpc) is 2.69. The van der Waals surface area contributed by atoms with Crippen LogP contribution in [0.15, 0.2) is 66.1 Å². The Kier molecular flexibility index (Phi) is 7.86. The van der Waals surface area contributed by atoms with Crippen molar-refractivity contribution in [1.29, 1.82) is 0 Å². The van der Waals surface area contributed by atoms with Crippen molar-refractivity contribution in [3.05, 3.63) is 66.7 Å². The van der Waals surface area contributed by atoms with Gasteiger partial charge in [0.2, 0.25) is 15.9 Å². The van der Waals surface area contributed by atoms with Crippen LogP contribution < -0.4 is 14.9 Å². The Bertz CT molecular complexity index is 1010. The molecular formula is C20H23N3O4S2. The molecule has 0 saturated heterocycles. The fourth-order valence-electron chi connectivity index (χ4n) is 2.54. The van der Waals surface area contributed by atoms with Crippen LogP contribution in [0.4, 0.5) is 11.4 Å². The van der Waals surface area contributed by atoms with Gasteiger partial charge in [-0.25, -0.2) is 8.42 Å². The van der Waals surface area contributed by atoms with Crippen LogP contribution in [0.3, 0.4) is 0 Å². The van der Waals surface area contributed by atoms with E-state index in [0.717, 1.165) is 15.5 Å². The average molecular weight is 434 g/mol. The van der Waals surface area contributed by atoms with E-state index >= 15 is 0 Å². The maximum atomic E-state index is 12.6. The molecule has 2 aromatic rings. The largest absolute Gasteiger partial charge is 0.349 e. The van der Waals surface area contributed by atoms with Gasteiger partial charge in [0.15, 0.2) is 0 Å². The molecule has 0 saturated carbocycles. The Labute approximate surface area is 175 Å². The van der Waals surface area contributed by atoms with Gasteiger partial charge in [-0.1, -0.05) is 24.3 Å². The van der Waals surface area contributed by atoms with E-state index < -0.39 is 22.5 Å². The van der Waals surface area contributed by atoms with Crippen molar-refractivity contribution in [3.8, 4) is 0 Å². The summed E-state index contributed by atoms with van der Waals surface area (Å²) in [6, 6.07) is 13.4. The molecule has 7 nitrogen and oxygen atoms in total. The minimum Gasteiger partial charge on any atom is -0.349 e. The zero-order valence-corrected chi connectivity index (χ0v) is 17.8. The van der Waals surface area contributed by atoms with Gasteiger partial charge in [-0.15, -0.1) is 18.3 Å². The molecular weight excluding hydrogens is 410 g/mol. The van der Waals surface area contributed by atoms with Crippen molar-refractivity contribution < 1.29 is 18.0 Å². The molecule has 0 aliphatic carbocycles. The molecule has 0 heterocycles. The number of thioether (sulfide) groups is 1. The first-order valence-electron chi connectivity index (χ1n) is 8.66. The number of para-hydroxylation sites is 1. The number of rotatable bonds is 9. The zero-order chi connectivity index (χ0) is 21.4. The first kappa shape index (κ1) is 22.5. The lowest BCUT2D eigenvalue weighted by Gasteiger charge is -2.22. The highest BCUT2D eigenvalue weighted by Gasteiger charge is 2.22. The van der Waals surface area contributed by atoms with Crippen LogP contribution in [0, 0.1) is 0 Å². The molecule has 0 aromatic heterocycles. The van der Waals surface area contributed by atoms with E-state index in [1.165, 1.54) is 11.8 Å². The molecule has 0 radical (unpaired) electrons. The molecule has 2 rings (SSSR count). The Hall–Kier alpha value is -2.78. The van der Waals surface area contributed by atoms with E-state index in [1.54, 1.807) is 48.5 Å². The lowest BCUT2D eigenvalue weighted by molar-refractivity contribution is -0.114. The number of sulfonamides is 1. The van der Waals surface area contributed by atoms with E-state index in [9.17, 15) is 18.0 Å². The maximum Gasteiger partial charge on any atom is 0.253 e. The highest BCUT2D eigenvalue weighted by molar-refractivity contribution is 7.98. The topological polar surface area (TPSA) is 95.6 Å². The van der Waals surface area contributed by atoms with Crippen LogP contribution in [0.2, 0.25) is 0 Å². The summed E-state index contributed by atoms with van der Waals surface area (Å²) in [5.41, 5.74) is 0.967. The van der Waals surface area contributed by atoms with Crippen molar-refractivity contribution >= 4 is 45.0 Å². The fraction of sp³-hybridized carbons (Fsp3) is 0.200. The number of hydrogen-bond donors (Lipinski definition) is 2. The summed E-state index contributed by atoms with van der Waals surface area (Å²) < 4.78 is 25.6. The lowest BCUT2D eigenvalue weighted by Crippen LogP contribution is -2.37. The minimum absolute atomic E-state index is 0.276. The quantitative estimate of drug-likeness (QED) is 0.468. The Morgan fingerprint density at radius 2 is 1.90 bits per heavy atom. The van der Waals surface area contributed by atoms with Crippen LogP contribution in [-0.2, 0) is 14.8 Å². The highest BCUT2D eigenvalue weighted by Crippen LogP contribution is 2.24. The van der Waals surface area contributed by atoms with Crippen LogP contribution in [0.1, 0.15) is 10.4 Å². The highest BCUT2D eigenvalue weighted by atomic mass is 32.2. The number of carbonyl (C=O) groups excluding carboxylic acids is 2. The number of amides is 2. The molecule has 2 aromatic carbocycles. The number of benzene rings is 2. The van der Waals surface area contributed by atoms with Gasteiger partial charge in [0.25, 0.3) is 5.91 Å². The van der Waals surface area contributed by atoms with E-state index in [1.807, 2.05) is 12.3 Å². The number of anilines is 2. The molecule has 2 N–H and O–H groups in total. The van der Waals surface area contributed by atoms with Gasteiger partial charge in [-0.3, -0.25) is 13.9 Å². The Morgan fingerprint density at radius 3 is 2.55 bits per heavy atom.